The number of benzene rings is 4. The van der Waals surface area contributed by atoms with Crippen LogP contribution in [0.15, 0.2) is 97.1 Å². The molecule has 2 N–H and O–H groups in total. The van der Waals surface area contributed by atoms with E-state index in [0.717, 1.165) is 10.8 Å². The van der Waals surface area contributed by atoms with Crippen LogP contribution in [-0.4, -0.2) is 35.4 Å². The molecule has 0 fully saturated rings. The summed E-state index contributed by atoms with van der Waals surface area (Å²) in [5.74, 6) is -5.74. The predicted octanol–water partition coefficient (Wildman–Crippen LogP) is 6.25. The fourth-order valence-electron chi connectivity index (χ4n) is 4.63. The van der Waals surface area contributed by atoms with Gasteiger partial charge < -0.3 is 15.3 Å². The van der Waals surface area contributed by atoms with Crippen molar-refractivity contribution in [2.45, 2.75) is 12.3 Å². The van der Waals surface area contributed by atoms with E-state index in [1.54, 1.807) is 30.3 Å². The van der Waals surface area contributed by atoms with Gasteiger partial charge in [-0.05, 0) is 47.2 Å². The summed E-state index contributed by atoms with van der Waals surface area (Å²) in [6.45, 7) is -0.306. The Bertz CT molecular complexity index is 1590. The lowest BCUT2D eigenvalue weighted by molar-refractivity contribution is -0.131. The van der Waals surface area contributed by atoms with Crippen molar-refractivity contribution < 1.29 is 28.3 Å². The van der Waals surface area contributed by atoms with E-state index in [9.17, 15) is 23.2 Å². The van der Waals surface area contributed by atoms with Gasteiger partial charge in [0.1, 0.15) is 0 Å². The molecule has 0 aromatic heterocycles. The monoisotopic (exact) mass is 512 g/mol. The lowest BCUT2D eigenvalue weighted by atomic mass is 9.97. The molecule has 1 heterocycles. The number of carboxylic acid groups (broad SMARTS) is 1. The molecular formula is C30H22F2N2O4. The molecule has 1 aliphatic rings. The highest BCUT2D eigenvalue weighted by Crippen LogP contribution is 2.43. The molecule has 0 unspecified atom stereocenters. The van der Waals surface area contributed by atoms with Gasteiger partial charge in [-0.1, -0.05) is 54.6 Å². The number of alkyl halides is 2. The summed E-state index contributed by atoms with van der Waals surface area (Å²) in [5, 5.41) is 13.7. The number of carboxylic acids is 1. The van der Waals surface area contributed by atoms with Gasteiger partial charge in [0.2, 0.25) is 0 Å². The minimum atomic E-state index is -3.43. The maximum atomic E-state index is 14.9. The SMILES string of the molecule is O=C(O)/C=C1/c2ccccc2N(C(=O)c2ccc(NC(=O)c3cccc4ccccc34)cc2)CCC1(F)F. The highest BCUT2D eigenvalue weighted by Gasteiger charge is 2.41. The third-order valence-electron chi connectivity index (χ3n) is 6.47. The van der Waals surface area contributed by atoms with Gasteiger partial charge in [0.25, 0.3) is 17.7 Å². The van der Waals surface area contributed by atoms with Gasteiger partial charge in [0.05, 0.1) is 5.69 Å². The van der Waals surface area contributed by atoms with Crippen molar-refractivity contribution in [3.8, 4) is 0 Å². The first-order valence-corrected chi connectivity index (χ1v) is 11.9. The lowest BCUT2D eigenvalue weighted by Gasteiger charge is -2.23. The lowest BCUT2D eigenvalue weighted by Crippen LogP contribution is -2.33. The quantitative estimate of drug-likeness (QED) is 0.317. The van der Waals surface area contributed by atoms with Gasteiger partial charge in [-0.2, -0.15) is 0 Å². The molecule has 8 heteroatoms. The number of aliphatic carboxylic acids is 1. The van der Waals surface area contributed by atoms with Crippen LogP contribution in [0.2, 0.25) is 0 Å². The van der Waals surface area contributed by atoms with E-state index < -0.39 is 29.8 Å². The van der Waals surface area contributed by atoms with Crippen LogP contribution < -0.4 is 10.2 Å². The summed E-state index contributed by atoms with van der Waals surface area (Å²) < 4.78 is 29.8. The molecule has 6 nitrogen and oxygen atoms in total. The van der Waals surface area contributed by atoms with Crippen LogP contribution in [0.4, 0.5) is 20.2 Å². The van der Waals surface area contributed by atoms with E-state index in [1.807, 2.05) is 30.3 Å². The van der Waals surface area contributed by atoms with Crippen LogP contribution in [0, 0.1) is 0 Å². The number of fused-ring (bicyclic) bond motifs is 2. The molecule has 190 valence electrons. The van der Waals surface area contributed by atoms with Crippen molar-refractivity contribution in [3.05, 3.63) is 114 Å². The number of nitrogens with zero attached hydrogens (tertiary/aromatic N) is 1. The van der Waals surface area contributed by atoms with E-state index in [4.69, 9.17) is 5.11 Å². The molecule has 38 heavy (non-hydrogen) atoms. The zero-order valence-corrected chi connectivity index (χ0v) is 20.0. The smallest absolute Gasteiger partial charge is 0.328 e. The number of allylic oxidation sites excluding steroid dienone is 1. The fraction of sp³-hybridized carbons (Fsp3) is 0.100. The second-order valence-electron chi connectivity index (χ2n) is 8.88. The van der Waals surface area contributed by atoms with E-state index in [2.05, 4.69) is 5.32 Å². The minimum absolute atomic E-state index is 0.00952. The third-order valence-corrected chi connectivity index (χ3v) is 6.47. The van der Waals surface area contributed by atoms with Gasteiger partial charge >= 0.3 is 5.97 Å². The van der Waals surface area contributed by atoms with Gasteiger partial charge in [-0.25, -0.2) is 13.6 Å². The predicted molar refractivity (Wildman–Crippen MR) is 142 cm³/mol. The molecule has 0 radical (unpaired) electrons. The van der Waals surface area contributed by atoms with Crippen molar-refractivity contribution >= 4 is 45.5 Å². The first-order chi connectivity index (χ1) is 18.2. The van der Waals surface area contributed by atoms with E-state index in [-0.39, 0.29) is 29.3 Å². The van der Waals surface area contributed by atoms with Crippen LogP contribution in [0.1, 0.15) is 32.7 Å². The number of hydrogen-bond donors (Lipinski definition) is 2. The number of amides is 2. The Hall–Kier alpha value is -4.85. The number of carbonyl (C=O) groups is 3. The number of para-hydroxylation sites is 1. The zero-order chi connectivity index (χ0) is 26.9. The zero-order valence-electron chi connectivity index (χ0n) is 20.0. The Morgan fingerprint density at radius 2 is 1.55 bits per heavy atom. The third kappa shape index (κ3) is 4.76. The van der Waals surface area contributed by atoms with Crippen molar-refractivity contribution in [2.24, 2.45) is 0 Å². The van der Waals surface area contributed by atoms with E-state index >= 15 is 0 Å². The molecule has 4 aromatic rings. The Kier molecular flexibility index (Phi) is 6.46. The highest BCUT2D eigenvalue weighted by atomic mass is 19.3. The molecule has 0 spiro atoms. The Balaban J connectivity index is 1.40. The molecular weight excluding hydrogens is 490 g/mol. The molecule has 0 saturated carbocycles. The summed E-state index contributed by atoms with van der Waals surface area (Å²) in [4.78, 5) is 38.8. The van der Waals surface area contributed by atoms with Crippen molar-refractivity contribution in [1.29, 1.82) is 0 Å². The van der Waals surface area contributed by atoms with E-state index in [0.29, 0.717) is 17.3 Å². The second kappa shape index (κ2) is 9.89. The van der Waals surface area contributed by atoms with Gasteiger partial charge in [-0.15, -0.1) is 0 Å². The topological polar surface area (TPSA) is 86.7 Å². The van der Waals surface area contributed by atoms with Gasteiger partial charge in [0.15, 0.2) is 0 Å². The maximum absolute atomic E-state index is 14.9. The Morgan fingerprint density at radius 3 is 2.32 bits per heavy atom. The van der Waals surface area contributed by atoms with E-state index in [1.165, 1.54) is 35.2 Å². The van der Waals surface area contributed by atoms with Gasteiger partial charge in [0, 0.05) is 47.0 Å². The number of anilines is 2. The number of nitrogens with one attached hydrogen (secondary N) is 1. The van der Waals surface area contributed by atoms with Crippen LogP contribution in [0.5, 0.6) is 0 Å². The maximum Gasteiger partial charge on any atom is 0.328 e. The van der Waals surface area contributed by atoms with Crippen molar-refractivity contribution in [3.63, 3.8) is 0 Å². The first-order valence-electron chi connectivity index (χ1n) is 11.9. The minimum Gasteiger partial charge on any atom is -0.478 e. The fourth-order valence-corrected chi connectivity index (χ4v) is 4.63. The highest BCUT2D eigenvalue weighted by molar-refractivity contribution is 6.13. The molecule has 2 amide bonds. The molecule has 4 aromatic carbocycles. The summed E-state index contributed by atoms with van der Waals surface area (Å²) in [5.41, 5.74) is 0.768. The van der Waals surface area contributed by atoms with Crippen LogP contribution in [-0.2, 0) is 4.79 Å². The molecule has 0 aliphatic carbocycles. The molecule has 0 bridgehead atoms. The molecule has 0 saturated heterocycles. The Morgan fingerprint density at radius 1 is 0.868 bits per heavy atom. The summed E-state index contributed by atoms with van der Waals surface area (Å²) in [7, 11) is 0. The van der Waals surface area contributed by atoms with Crippen molar-refractivity contribution in [1.82, 2.24) is 0 Å². The molecule has 0 atom stereocenters. The summed E-state index contributed by atoms with van der Waals surface area (Å²) >= 11 is 0. The van der Waals surface area contributed by atoms with Crippen LogP contribution in [0.25, 0.3) is 16.3 Å². The van der Waals surface area contributed by atoms with Gasteiger partial charge in [-0.3, -0.25) is 9.59 Å². The molecule has 1 aliphatic heterocycles. The first kappa shape index (κ1) is 24.8. The van der Waals surface area contributed by atoms with Crippen LogP contribution >= 0.6 is 0 Å². The number of rotatable bonds is 4. The van der Waals surface area contributed by atoms with Crippen LogP contribution in [0.3, 0.4) is 0 Å². The summed E-state index contributed by atoms with van der Waals surface area (Å²) in [6, 6.07) is 25.2. The largest absolute Gasteiger partial charge is 0.478 e. The average molecular weight is 513 g/mol. The second-order valence-corrected chi connectivity index (χ2v) is 8.88. The number of carbonyl (C=O) groups excluding carboxylic acids is 2. The van der Waals surface area contributed by atoms with Crippen molar-refractivity contribution in [2.75, 3.05) is 16.8 Å². The standard InChI is InChI=1S/C30H22F2N2O4/c31-30(32)16-17-34(26-11-4-3-9-24(26)25(30)18-27(35)36)29(38)20-12-14-21(15-13-20)33-28(37)23-10-5-7-19-6-1-2-8-22(19)23/h1-15,18H,16-17H2,(H,33,37)(H,35,36)/b25-18-. The average Bonchev–Trinajstić information content (AvgIpc) is 3.02. The number of hydrogen-bond acceptors (Lipinski definition) is 3. The summed E-state index contributed by atoms with van der Waals surface area (Å²) in [6.07, 6.45) is -0.230. The normalized spacial score (nSPS) is 15.5. The molecule has 5 rings (SSSR count). The number of halogens is 2. The Labute approximate surface area is 216 Å².